The minimum Gasteiger partial charge on any atom is -0.372 e. The highest BCUT2D eigenvalue weighted by molar-refractivity contribution is 5.90. The molecule has 1 N–H and O–H groups in total. The fraction of sp³-hybridized carbons (Fsp3) is 0.778. The van der Waals surface area contributed by atoms with E-state index in [1.54, 1.807) is 18.7 Å². The molecule has 2 unspecified atom stereocenters. The molecule has 1 saturated heterocycles. The molecule has 0 aromatic carbocycles. The van der Waals surface area contributed by atoms with E-state index in [9.17, 15) is 9.59 Å². The topological polar surface area (TPSA) is 58.6 Å². The first-order valence-corrected chi connectivity index (χ1v) is 4.69. The van der Waals surface area contributed by atoms with E-state index in [1.807, 2.05) is 0 Å². The van der Waals surface area contributed by atoms with Crippen LogP contribution in [-0.4, -0.2) is 49.1 Å². The SMILES string of the molecule is COC(C)C(=O)N1CCNC(=O)C1C. The average molecular weight is 200 g/mol. The van der Waals surface area contributed by atoms with Crippen molar-refractivity contribution in [1.82, 2.24) is 10.2 Å². The van der Waals surface area contributed by atoms with Gasteiger partial charge in [-0.1, -0.05) is 0 Å². The molecule has 1 aliphatic heterocycles. The maximum absolute atomic E-state index is 11.7. The molecule has 5 nitrogen and oxygen atoms in total. The highest BCUT2D eigenvalue weighted by Gasteiger charge is 2.31. The van der Waals surface area contributed by atoms with Gasteiger partial charge in [0.25, 0.3) is 5.91 Å². The van der Waals surface area contributed by atoms with Crippen LogP contribution in [-0.2, 0) is 14.3 Å². The molecule has 2 amide bonds. The van der Waals surface area contributed by atoms with Crippen molar-refractivity contribution in [2.45, 2.75) is 26.0 Å². The molecule has 0 aromatic rings. The molecule has 0 aromatic heterocycles. The van der Waals surface area contributed by atoms with Gasteiger partial charge in [-0.2, -0.15) is 0 Å². The number of rotatable bonds is 2. The second-order valence-electron chi connectivity index (χ2n) is 3.38. The summed E-state index contributed by atoms with van der Waals surface area (Å²) in [5.41, 5.74) is 0. The van der Waals surface area contributed by atoms with Crippen molar-refractivity contribution in [3.63, 3.8) is 0 Å². The lowest BCUT2D eigenvalue weighted by atomic mass is 10.2. The van der Waals surface area contributed by atoms with E-state index < -0.39 is 12.1 Å². The molecule has 80 valence electrons. The molecule has 0 aliphatic carbocycles. The molecular weight excluding hydrogens is 184 g/mol. The van der Waals surface area contributed by atoms with Crippen LogP contribution in [0, 0.1) is 0 Å². The summed E-state index contributed by atoms with van der Waals surface area (Å²) >= 11 is 0. The predicted molar refractivity (Wildman–Crippen MR) is 50.7 cm³/mol. The summed E-state index contributed by atoms with van der Waals surface area (Å²) in [5, 5.41) is 2.70. The van der Waals surface area contributed by atoms with Gasteiger partial charge in [-0.15, -0.1) is 0 Å². The monoisotopic (exact) mass is 200 g/mol. The van der Waals surface area contributed by atoms with Crippen molar-refractivity contribution in [3.05, 3.63) is 0 Å². The molecule has 0 bridgehead atoms. The first-order valence-electron chi connectivity index (χ1n) is 4.69. The normalized spacial score (nSPS) is 24.4. The van der Waals surface area contributed by atoms with Crippen LogP contribution in [0.1, 0.15) is 13.8 Å². The van der Waals surface area contributed by atoms with Crippen LogP contribution in [0.3, 0.4) is 0 Å². The van der Waals surface area contributed by atoms with E-state index in [-0.39, 0.29) is 11.8 Å². The van der Waals surface area contributed by atoms with Crippen molar-refractivity contribution < 1.29 is 14.3 Å². The van der Waals surface area contributed by atoms with Gasteiger partial charge < -0.3 is 15.0 Å². The Morgan fingerprint density at radius 1 is 1.71 bits per heavy atom. The maximum Gasteiger partial charge on any atom is 0.252 e. The first kappa shape index (κ1) is 11.0. The third-order valence-electron chi connectivity index (χ3n) is 2.48. The van der Waals surface area contributed by atoms with E-state index >= 15 is 0 Å². The lowest BCUT2D eigenvalue weighted by molar-refractivity contribution is -0.149. The van der Waals surface area contributed by atoms with E-state index in [4.69, 9.17) is 4.74 Å². The highest BCUT2D eigenvalue weighted by Crippen LogP contribution is 2.07. The van der Waals surface area contributed by atoms with E-state index in [1.165, 1.54) is 7.11 Å². The zero-order chi connectivity index (χ0) is 10.7. The van der Waals surface area contributed by atoms with Gasteiger partial charge in [0.05, 0.1) is 0 Å². The summed E-state index contributed by atoms with van der Waals surface area (Å²) in [6, 6.07) is -0.395. The second kappa shape index (κ2) is 4.41. The number of carbonyl (C=O) groups is 2. The highest BCUT2D eigenvalue weighted by atomic mass is 16.5. The number of hydrogen-bond acceptors (Lipinski definition) is 3. The van der Waals surface area contributed by atoms with Gasteiger partial charge in [0.2, 0.25) is 5.91 Å². The van der Waals surface area contributed by atoms with Gasteiger partial charge in [-0.05, 0) is 13.8 Å². The Kier molecular flexibility index (Phi) is 3.46. The molecule has 2 atom stereocenters. The zero-order valence-electron chi connectivity index (χ0n) is 8.74. The standard InChI is InChI=1S/C9H16N2O3/c1-6-8(12)10-4-5-11(6)9(13)7(2)14-3/h6-7H,4-5H2,1-3H3,(H,10,12). The third-order valence-corrected chi connectivity index (χ3v) is 2.48. The van der Waals surface area contributed by atoms with Gasteiger partial charge >= 0.3 is 0 Å². The van der Waals surface area contributed by atoms with Gasteiger partial charge in [0, 0.05) is 20.2 Å². The number of ether oxygens (including phenoxy) is 1. The predicted octanol–water partition coefficient (Wildman–Crippen LogP) is -0.632. The molecule has 0 radical (unpaired) electrons. The van der Waals surface area contributed by atoms with Crippen molar-refractivity contribution in [2.75, 3.05) is 20.2 Å². The maximum atomic E-state index is 11.7. The Morgan fingerprint density at radius 3 is 2.93 bits per heavy atom. The zero-order valence-corrected chi connectivity index (χ0v) is 8.74. The van der Waals surface area contributed by atoms with Crippen LogP contribution >= 0.6 is 0 Å². The van der Waals surface area contributed by atoms with Crippen LogP contribution in [0.15, 0.2) is 0 Å². The fourth-order valence-electron chi connectivity index (χ4n) is 1.42. The molecule has 0 saturated carbocycles. The minimum atomic E-state index is -0.483. The Labute approximate surface area is 83.4 Å². The number of hydrogen-bond donors (Lipinski definition) is 1. The quantitative estimate of drug-likeness (QED) is 0.645. The number of amides is 2. The van der Waals surface area contributed by atoms with Crippen LogP contribution in [0.5, 0.6) is 0 Å². The summed E-state index contributed by atoms with van der Waals surface area (Å²) in [4.78, 5) is 24.5. The Hall–Kier alpha value is -1.10. The van der Waals surface area contributed by atoms with E-state index in [2.05, 4.69) is 5.32 Å². The van der Waals surface area contributed by atoms with E-state index in [0.717, 1.165) is 0 Å². The number of nitrogens with one attached hydrogen (secondary N) is 1. The third kappa shape index (κ3) is 2.04. The first-order chi connectivity index (χ1) is 6.57. The number of piperazine rings is 1. The number of carbonyl (C=O) groups excluding carboxylic acids is 2. The van der Waals surface area contributed by atoms with Crippen molar-refractivity contribution in [1.29, 1.82) is 0 Å². The average Bonchev–Trinajstić information content (AvgIpc) is 2.20. The lowest BCUT2D eigenvalue weighted by Gasteiger charge is -2.34. The Morgan fingerprint density at radius 2 is 2.36 bits per heavy atom. The minimum absolute atomic E-state index is 0.104. The molecule has 1 rings (SSSR count). The van der Waals surface area contributed by atoms with Crippen molar-refractivity contribution in [3.8, 4) is 0 Å². The molecule has 5 heteroatoms. The summed E-state index contributed by atoms with van der Waals surface area (Å²) in [6.07, 6.45) is -0.483. The largest absolute Gasteiger partial charge is 0.372 e. The summed E-state index contributed by atoms with van der Waals surface area (Å²) in [5.74, 6) is -0.234. The summed E-state index contributed by atoms with van der Waals surface area (Å²) < 4.78 is 4.93. The molecule has 14 heavy (non-hydrogen) atoms. The van der Waals surface area contributed by atoms with Gasteiger partial charge in [0.15, 0.2) is 0 Å². The van der Waals surface area contributed by atoms with Crippen LogP contribution in [0.4, 0.5) is 0 Å². The van der Waals surface area contributed by atoms with Crippen LogP contribution in [0.2, 0.25) is 0 Å². The lowest BCUT2D eigenvalue weighted by Crippen LogP contribution is -2.57. The smallest absolute Gasteiger partial charge is 0.252 e. The molecule has 1 aliphatic rings. The molecule has 1 heterocycles. The second-order valence-corrected chi connectivity index (χ2v) is 3.38. The fourth-order valence-corrected chi connectivity index (χ4v) is 1.42. The summed E-state index contributed by atoms with van der Waals surface area (Å²) in [6.45, 7) is 4.47. The van der Waals surface area contributed by atoms with Gasteiger partial charge in [-0.25, -0.2) is 0 Å². The van der Waals surface area contributed by atoms with Crippen LogP contribution < -0.4 is 5.32 Å². The summed E-state index contributed by atoms with van der Waals surface area (Å²) in [7, 11) is 1.48. The van der Waals surface area contributed by atoms with Gasteiger partial charge in [-0.3, -0.25) is 9.59 Å². The van der Waals surface area contributed by atoms with Crippen LogP contribution in [0.25, 0.3) is 0 Å². The number of methoxy groups -OCH3 is 1. The van der Waals surface area contributed by atoms with Crippen molar-refractivity contribution >= 4 is 11.8 Å². The molecule has 1 fully saturated rings. The van der Waals surface area contributed by atoms with Crippen molar-refractivity contribution in [2.24, 2.45) is 0 Å². The number of nitrogens with zero attached hydrogens (tertiary/aromatic N) is 1. The Balaban J connectivity index is 2.66. The van der Waals surface area contributed by atoms with Gasteiger partial charge in [0.1, 0.15) is 12.1 Å². The van der Waals surface area contributed by atoms with E-state index in [0.29, 0.717) is 13.1 Å². The molecule has 0 spiro atoms. The molecular formula is C9H16N2O3. The Bertz CT molecular complexity index is 242.